The summed E-state index contributed by atoms with van der Waals surface area (Å²) in [4.78, 5) is 24.3. The van der Waals surface area contributed by atoms with Gasteiger partial charge < -0.3 is 14.8 Å². The number of benzene rings is 3. The van der Waals surface area contributed by atoms with Crippen LogP contribution >= 0.6 is 0 Å². The molecular weight excluding hydrogens is 378 g/mol. The summed E-state index contributed by atoms with van der Waals surface area (Å²) >= 11 is 0. The fourth-order valence-electron chi connectivity index (χ4n) is 2.75. The average molecular weight is 403 g/mol. The zero-order chi connectivity index (χ0) is 21.6. The van der Waals surface area contributed by atoms with Gasteiger partial charge in [-0.2, -0.15) is 0 Å². The fraction of sp³-hybridized carbons (Fsp3) is 0.200. The molecule has 3 rings (SSSR count). The molecule has 0 aliphatic heterocycles. The maximum absolute atomic E-state index is 12.2. The molecule has 5 heteroatoms. The second-order valence-electron chi connectivity index (χ2n) is 7.89. The standard InChI is InChI=1S/C25H25NO4/c1-25(2,3)19-11-9-18(10-12-19)24(28)29-17-23(27)26-20-13-15-22(16-14-20)30-21-7-5-4-6-8-21/h4-16H,17H2,1-3H3,(H,26,27). The van der Waals surface area contributed by atoms with Crippen molar-refractivity contribution in [3.63, 3.8) is 0 Å². The minimum Gasteiger partial charge on any atom is -0.457 e. The van der Waals surface area contributed by atoms with Crippen LogP contribution in [0.5, 0.6) is 11.5 Å². The fourth-order valence-corrected chi connectivity index (χ4v) is 2.75. The van der Waals surface area contributed by atoms with E-state index in [-0.39, 0.29) is 12.0 Å². The van der Waals surface area contributed by atoms with Crippen molar-refractivity contribution in [3.8, 4) is 11.5 Å². The molecule has 3 aromatic rings. The number of rotatable bonds is 6. The van der Waals surface area contributed by atoms with Gasteiger partial charge in [0.05, 0.1) is 5.56 Å². The first-order valence-corrected chi connectivity index (χ1v) is 9.72. The van der Waals surface area contributed by atoms with Crippen molar-refractivity contribution in [1.82, 2.24) is 0 Å². The lowest BCUT2D eigenvalue weighted by Crippen LogP contribution is -2.21. The summed E-state index contributed by atoms with van der Waals surface area (Å²) < 4.78 is 10.8. The number of amides is 1. The molecule has 1 amide bonds. The van der Waals surface area contributed by atoms with E-state index in [4.69, 9.17) is 9.47 Å². The summed E-state index contributed by atoms with van der Waals surface area (Å²) in [6.07, 6.45) is 0. The molecule has 0 spiro atoms. The van der Waals surface area contributed by atoms with E-state index in [2.05, 4.69) is 26.1 Å². The highest BCUT2D eigenvalue weighted by molar-refractivity contribution is 5.95. The summed E-state index contributed by atoms with van der Waals surface area (Å²) in [6, 6.07) is 23.6. The normalized spacial score (nSPS) is 10.9. The summed E-state index contributed by atoms with van der Waals surface area (Å²) in [7, 11) is 0. The molecule has 0 bridgehead atoms. The number of carbonyl (C=O) groups excluding carboxylic acids is 2. The molecule has 0 heterocycles. The average Bonchev–Trinajstić information content (AvgIpc) is 2.74. The molecule has 0 unspecified atom stereocenters. The highest BCUT2D eigenvalue weighted by atomic mass is 16.5. The maximum Gasteiger partial charge on any atom is 0.338 e. The van der Waals surface area contributed by atoms with Gasteiger partial charge in [-0.05, 0) is 59.5 Å². The van der Waals surface area contributed by atoms with Crippen LogP contribution < -0.4 is 10.1 Å². The van der Waals surface area contributed by atoms with Crippen LogP contribution in [-0.2, 0) is 14.9 Å². The number of carbonyl (C=O) groups is 2. The zero-order valence-corrected chi connectivity index (χ0v) is 17.3. The van der Waals surface area contributed by atoms with E-state index in [1.165, 1.54) is 0 Å². The molecule has 3 aromatic carbocycles. The van der Waals surface area contributed by atoms with Crippen LogP contribution in [0.4, 0.5) is 5.69 Å². The van der Waals surface area contributed by atoms with Gasteiger partial charge in [-0.25, -0.2) is 4.79 Å². The second kappa shape index (κ2) is 9.27. The van der Waals surface area contributed by atoms with Gasteiger partial charge in [0, 0.05) is 5.69 Å². The summed E-state index contributed by atoms with van der Waals surface area (Å²) in [6.45, 7) is 5.95. The van der Waals surface area contributed by atoms with Crippen LogP contribution in [-0.4, -0.2) is 18.5 Å². The number of nitrogens with one attached hydrogen (secondary N) is 1. The van der Waals surface area contributed by atoms with E-state index < -0.39 is 11.9 Å². The Balaban J connectivity index is 1.49. The topological polar surface area (TPSA) is 64.6 Å². The first-order valence-electron chi connectivity index (χ1n) is 9.72. The zero-order valence-electron chi connectivity index (χ0n) is 17.3. The van der Waals surface area contributed by atoms with Crippen molar-refractivity contribution in [3.05, 3.63) is 90.0 Å². The molecule has 30 heavy (non-hydrogen) atoms. The van der Waals surface area contributed by atoms with Crippen LogP contribution in [0.25, 0.3) is 0 Å². The van der Waals surface area contributed by atoms with Gasteiger partial charge in [0.2, 0.25) is 0 Å². The van der Waals surface area contributed by atoms with Crippen LogP contribution in [0.2, 0.25) is 0 Å². The second-order valence-corrected chi connectivity index (χ2v) is 7.89. The van der Waals surface area contributed by atoms with Crippen molar-refractivity contribution < 1.29 is 19.1 Å². The monoisotopic (exact) mass is 403 g/mol. The van der Waals surface area contributed by atoms with Crippen LogP contribution in [0.1, 0.15) is 36.7 Å². The lowest BCUT2D eigenvalue weighted by atomic mass is 9.87. The quantitative estimate of drug-likeness (QED) is 0.546. The number of esters is 1. The Kier molecular flexibility index (Phi) is 6.52. The predicted molar refractivity (Wildman–Crippen MR) is 117 cm³/mol. The third-order valence-electron chi connectivity index (χ3n) is 4.44. The largest absolute Gasteiger partial charge is 0.457 e. The third kappa shape index (κ3) is 5.95. The van der Waals surface area contributed by atoms with Crippen molar-refractivity contribution in [1.29, 1.82) is 0 Å². The Morgan fingerprint density at radius 3 is 2.00 bits per heavy atom. The Labute approximate surface area is 176 Å². The molecular formula is C25H25NO4. The van der Waals surface area contributed by atoms with Crippen molar-refractivity contribution in [2.75, 3.05) is 11.9 Å². The summed E-state index contributed by atoms with van der Waals surface area (Å²) in [5, 5.41) is 2.70. The van der Waals surface area contributed by atoms with E-state index in [1.807, 2.05) is 42.5 Å². The van der Waals surface area contributed by atoms with Crippen molar-refractivity contribution >= 4 is 17.6 Å². The van der Waals surface area contributed by atoms with E-state index >= 15 is 0 Å². The van der Waals surface area contributed by atoms with E-state index in [1.54, 1.807) is 36.4 Å². The van der Waals surface area contributed by atoms with E-state index in [9.17, 15) is 9.59 Å². The van der Waals surface area contributed by atoms with E-state index in [0.29, 0.717) is 17.0 Å². The Morgan fingerprint density at radius 1 is 0.800 bits per heavy atom. The van der Waals surface area contributed by atoms with E-state index in [0.717, 1.165) is 11.3 Å². The minimum atomic E-state index is -0.530. The van der Waals surface area contributed by atoms with Gasteiger partial charge in [0.15, 0.2) is 6.61 Å². The molecule has 0 aromatic heterocycles. The number of ether oxygens (including phenoxy) is 2. The Hall–Kier alpha value is -3.60. The molecule has 0 atom stereocenters. The smallest absolute Gasteiger partial charge is 0.338 e. The van der Waals surface area contributed by atoms with Gasteiger partial charge in [0.25, 0.3) is 5.91 Å². The number of hydrogen-bond donors (Lipinski definition) is 1. The number of para-hydroxylation sites is 1. The highest BCUT2D eigenvalue weighted by Gasteiger charge is 2.15. The maximum atomic E-state index is 12.2. The number of anilines is 1. The van der Waals surface area contributed by atoms with Gasteiger partial charge in [0.1, 0.15) is 11.5 Å². The SMILES string of the molecule is CC(C)(C)c1ccc(C(=O)OCC(=O)Nc2ccc(Oc3ccccc3)cc2)cc1. The molecule has 5 nitrogen and oxygen atoms in total. The van der Waals surface area contributed by atoms with Crippen LogP contribution in [0, 0.1) is 0 Å². The van der Waals surface area contributed by atoms with Crippen LogP contribution in [0.15, 0.2) is 78.9 Å². The lowest BCUT2D eigenvalue weighted by Gasteiger charge is -2.18. The Morgan fingerprint density at radius 2 is 1.40 bits per heavy atom. The molecule has 0 radical (unpaired) electrons. The molecule has 0 fully saturated rings. The minimum absolute atomic E-state index is 0.00397. The molecule has 1 N–H and O–H groups in total. The van der Waals surface area contributed by atoms with Gasteiger partial charge in [-0.3, -0.25) is 4.79 Å². The molecule has 0 aliphatic carbocycles. The Bertz CT molecular complexity index is 988. The van der Waals surface area contributed by atoms with Crippen molar-refractivity contribution in [2.24, 2.45) is 0 Å². The van der Waals surface area contributed by atoms with Gasteiger partial charge >= 0.3 is 5.97 Å². The third-order valence-corrected chi connectivity index (χ3v) is 4.44. The summed E-state index contributed by atoms with van der Waals surface area (Å²) in [5.41, 5.74) is 2.13. The highest BCUT2D eigenvalue weighted by Crippen LogP contribution is 2.23. The first-order chi connectivity index (χ1) is 14.3. The predicted octanol–water partition coefficient (Wildman–Crippen LogP) is 5.57. The molecule has 0 aliphatic rings. The number of hydrogen-bond acceptors (Lipinski definition) is 4. The first kappa shape index (κ1) is 21.1. The molecule has 0 saturated heterocycles. The molecule has 154 valence electrons. The van der Waals surface area contributed by atoms with Crippen molar-refractivity contribution in [2.45, 2.75) is 26.2 Å². The van der Waals surface area contributed by atoms with Gasteiger partial charge in [-0.1, -0.05) is 51.1 Å². The van der Waals surface area contributed by atoms with Crippen LogP contribution in [0.3, 0.4) is 0 Å². The lowest BCUT2D eigenvalue weighted by molar-refractivity contribution is -0.119. The van der Waals surface area contributed by atoms with Gasteiger partial charge in [-0.15, -0.1) is 0 Å². The summed E-state index contributed by atoms with van der Waals surface area (Å²) in [5.74, 6) is 0.449. The molecule has 0 saturated carbocycles.